The molecule has 0 bridgehead atoms. The zero-order valence-electron chi connectivity index (χ0n) is 29.9. The second-order valence-electron chi connectivity index (χ2n) is 14.4. The van der Waals surface area contributed by atoms with Crippen LogP contribution in [0.1, 0.15) is 51.4 Å². The molecule has 0 aromatic heterocycles. The van der Waals surface area contributed by atoms with Gasteiger partial charge in [-0.3, -0.25) is 9.59 Å². The van der Waals surface area contributed by atoms with E-state index < -0.39 is 147 Å². The second-order valence-corrected chi connectivity index (χ2v) is 14.4. The fourth-order valence-corrected chi connectivity index (χ4v) is 7.09. The van der Waals surface area contributed by atoms with Gasteiger partial charge in [0.05, 0.1) is 13.2 Å². The lowest BCUT2D eigenvalue weighted by atomic mass is 9.81. The molecule has 326 valence electrons. The van der Waals surface area contributed by atoms with Gasteiger partial charge in [0, 0.05) is 12.8 Å². The summed E-state index contributed by atoms with van der Waals surface area (Å²) in [6, 6.07) is 0. The van der Waals surface area contributed by atoms with Gasteiger partial charge in [0.2, 0.25) is 0 Å². The van der Waals surface area contributed by atoms with Crippen molar-refractivity contribution in [2.45, 2.75) is 174 Å². The molecule has 0 saturated carbocycles. The molecule has 4 fully saturated rings. The summed E-state index contributed by atoms with van der Waals surface area (Å²) in [6.45, 7) is -2.41. The number of Topliss-reactive ketones (excluding diaryl/α,β-unsaturated/α-hetero) is 2. The molecule has 0 aliphatic carbocycles. The number of carbonyl (C=O) groups is 2. The maximum Gasteiger partial charge on any atom is 0.189 e. The lowest BCUT2D eigenvalue weighted by Gasteiger charge is -2.49. The van der Waals surface area contributed by atoms with Gasteiger partial charge in [0.15, 0.2) is 60.5 Å². The third-order valence-corrected chi connectivity index (χ3v) is 10.6. The van der Waals surface area contributed by atoms with Crippen LogP contribution >= 0.6 is 0 Å². The SMILES string of the molecule is O=C(CCCCCCCCC(=O)[C@]1(CO)O[C@@H](O)[C@H](O)[C@H](O)[C@@H]1O[C@@H]1O[C@H](O)[C@@H](O)[C@H](O)[C@H]1O)[C@]1(CO)O[C@@H](O)[C@H](O)[C@H](O)[C@@H]1O[C@@H]1O[C@H](O)[C@@H](O)[C@H](O)[C@H]1O. The predicted molar refractivity (Wildman–Crippen MR) is 172 cm³/mol. The molecule has 4 saturated heterocycles. The molecule has 4 aliphatic rings. The Kier molecular flexibility index (Phi) is 16.6. The molecule has 0 aromatic carbocycles. The summed E-state index contributed by atoms with van der Waals surface area (Å²) in [5.74, 6) is -1.82. The van der Waals surface area contributed by atoms with Crippen molar-refractivity contribution in [2.75, 3.05) is 13.2 Å². The first kappa shape index (κ1) is 47.1. The number of unbranched alkanes of at least 4 members (excludes halogenated alkanes) is 5. The zero-order valence-corrected chi connectivity index (χ0v) is 29.9. The van der Waals surface area contributed by atoms with Crippen LogP contribution in [0.2, 0.25) is 0 Å². The van der Waals surface area contributed by atoms with Crippen molar-refractivity contribution < 1.29 is 120 Å². The van der Waals surface area contributed by atoms with Gasteiger partial charge in [-0.15, -0.1) is 0 Å². The lowest BCUT2D eigenvalue weighted by Crippen LogP contribution is -2.71. The highest BCUT2D eigenvalue weighted by Gasteiger charge is 2.61. The Bertz CT molecular complexity index is 1190. The van der Waals surface area contributed by atoms with Crippen LogP contribution in [0.4, 0.5) is 0 Å². The quantitative estimate of drug-likeness (QED) is 0.0606. The number of rotatable bonds is 17. The third-order valence-electron chi connectivity index (χ3n) is 10.6. The largest absolute Gasteiger partial charge is 0.393 e. The van der Waals surface area contributed by atoms with E-state index in [2.05, 4.69) is 0 Å². The molecule has 4 aliphatic heterocycles. The molecule has 20 atom stereocenters. The van der Waals surface area contributed by atoms with E-state index >= 15 is 0 Å². The number of ketones is 2. The van der Waals surface area contributed by atoms with Gasteiger partial charge in [-0.05, 0) is 12.8 Å². The molecular formula is C32H54O24. The maximum absolute atomic E-state index is 13.5. The van der Waals surface area contributed by atoms with Crippen LogP contribution < -0.4 is 0 Å². The van der Waals surface area contributed by atoms with Crippen molar-refractivity contribution in [1.29, 1.82) is 0 Å². The second kappa shape index (κ2) is 19.7. The minimum Gasteiger partial charge on any atom is -0.393 e. The number of hydrogen-bond donors (Lipinski definition) is 16. The Balaban J connectivity index is 1.30. The fraction of sp³-hybridized carbons (Fsp3) is 0.938. The van der Waals surface area contributed by atoms with Gasteiger partial charge >= 0.3 is 0 Å². The van der Waals surface area contributed by atoms with E-state index in [0.717, 1.165) is 0 Å². The van der Waals surface area contributed by atoms with Crippen LogP contribution in [-0.4, -0.2) is 229 Å². The van der Waals surface area contributed by atoms with E-state index in [0.29, 0.717) is 25.7 Å². The van der Waals surface area contributed by atoms with Gasteiger partial charge in [-0.1, -0.05) is 25.7 Å². The van der Waals surface area contributed by atoms with Gasteiger partial charge < -0.3 is 110 Å². The van der Waals surface area contributed by atoms with Gasteiger partial charge in [-0.2, -0.15) is 0 Å². The summed E-state index contributed by atoms with van der Waals surface area (Å²) in [5, 5.41) is 163. The average molecular weight is 823 g/mol. The van der Waals surface area contributed by atoms with Crippen LogP contribution in [0.3, 0.4) is 0 Å². The molecule has 4 rings (SSSR count). The minimum absolute atomic E-state index is 0.143. The van der Waals surface area contributed by atoms with Gasteiger partial charge in [0.25, 0.3) is 0 Å². The molecule has 24 heteroatoms. The average Bonchev–Trinajstić information content (AvgIpc) is 3.17. The molecule has 0 radical (unpaired) electrons. The summed E-state index contributed by atoms with van der Waals surface area (Å²) in [6.07, 6.45) is -35.7. The number of aliphatic hydroxyl groups excluding tert-OH is 16. The number of carbonyl (C=O) groups excluding carboxylic acids is 2. The Labute approximate surface area is 318 Å². The number of ether oxygens (including phenoxy) is 6. The van der Waals surface area contributed by atoms with Crippen LogP contribution in [0.5, 0.6) is 0 Å². The maximum atomic E-state index is 13.5. The smallest absolute Gasteiger partial charge is 0.189 e. The summed E-state index contributed by atoms with van der Waals surface area (Å²) in [5.41, 5.74) is -5.06. The van der Waals surface area contributed by atoms with Crippen molar-refractivity contribution in [3.8, 4) is 0 Å². The Morgan fingerprint density at radius 2 is 0.714 bits per heavy atom. The molecule has 0 unspecified atom stereocenters. The van der Waals surface area contributed by atoms with Crippen LogP contribution in [-0.2, 0) is 38.0 Å². The molecule has 24 nitrogen and oxygen atoms in total. The summed E-state index contributed by atoms with van der Waals surface area (Å²) in [4.78, 5) is 26.9. The highest BCUT2D eigenvalue weighted by molar-refractivity contribution is 5.89. The monoisotopic (exact) mass is 822 g/mol. The molecule has 0 spiro atoms. The van der Waals surface area contributed by atoms with E-state index in [4.69, 9.17) is 28.4 Å². The Morgan fingerprint density at radius 3 is 1.04 bits per heavy atom. The molecule has 16 N–H and O–H groups in total. The van der Waals surface area contributed by atoms with E-state index in [1.807, 2.05) is 0 Å². The summed E-state index contributed by atoms with van der Waals surface area (Å²) >= 11 is 0. The molecule has 4 heterocycles. The minimum atomic E-state index is -2.53. The van der Waals surface area contributed by atoms with Crippen molar-refractivity contribution in [1.82, 2.24) is 0 Å². The van der Waals surface area contributed by atoms with E-state index in [1.54, 1.807) is 0 Å². The number of aliphatic hydroxyl groups is 16. The molecule has 56 heavy (non-hydrogen) atoms. The molecular weight excluding hydrogens is 768 g/mol. The first-order chi connectivity index (χ1) is 26.3. The first-order valence-electron chi connectivity index (χ1n) is 18.1. The Hall–Kier alpha value is -1.54. The van der Waals surface area contributed by atoms with Crippen molar-refractivity contribution in [3.63, 3.8) is 0 Å². The lowest BCUT2D eigenvalue weighted by molar-refractivity contribution is -0.385. The van der Waals surface area contributed by atoms with Crippen LogP contribution in [0, 0.1) is 0 Å². The topological polar surface area (TPSA) is 413 Å². The third kappa shape index (κ3) is 9.42. The van der Waals surface area contributed by atoms with E-state index in [9.17, 15) is 91.3 Å². The van der Waals surface area contributed by atoms with E-state index in [-0.39, 0.29) is 25.7 Å². The van der Waals surface area contributed by atoms with E-state index in [1.165, 1.54) is 0 Å². The Morgan fingerprint density at radius 1 is 0.411 bits per heavy atom. The van der Waals surface area contributed by atoms with Gasteiger partial charge in [0.1, 0.15) is 73.2 Å². The highest BCUT2D eigenvalue weighted by atomic mass is 16.8. The van der Waals surface area contributed by atoms with Crippen molar-refractivity contribution in [3.05, 3.63) is 0 Å². The first-order valence-corrected chi connectivity index (χ1v) is 18.1. The van der Waals surface area contributed by atoms with Crippen molar-refractivity contribution >= 4 is 11.6 Å². The number of hydrogen-bond acceptors (Lipinski definition) is 24. The summed E-state index contributed by atoms with van der Waals surface area (Å²) < 4.78 is 31.3. The molecule has 0 aromatic rings. The fourth-order valence-electron chi connectivity index (χ4n) is 7.09. The standard InChI is InChI=1S/C32H54O24/c33-9-31(23(15(39)19(43)27(49)55-31)51-29-21(45)13(37)17(41)25(47)53-29)11(35)7-5-3-1-2-4-6-8-12(36)32(10-34)24(16(40)20(44)28(50)56-32)52-30-22(46)14(38)18(42)26(48)54-30/h13-30,33-34,37-50H,1-10H2/t13-,14-,15-,16-,17-,18-,19+,20+,21+,22+,23-,24-,25-,26-,27+,28+,29+,30+,31-,32-/m0/s1. The zero-order chi connectivity index (χ0) is 41.9. The summed E-state index contributed by atoms with van der Waals surface area (Å²) in [7, 11) is 0. The van der Waals surface area contributed by atoms with Crippen LogP contribution in [0.25, 0.3) is 0 Å². The highest BCUT2D eigenvalue weighted by Crippen LogP contribution is 2.38. The van der Waals surface area contributed by atoms with Crippen molar-refractivity contribution in [2.24, 2.45) is 0 Å². The predicted octanol–water partition coefficient (Wildman–Crippen LogP) is -8.87. The molecule has 0 amide bonds. The van der Waals surface area contributed by atoms with Gasteiger partial charge in [-0.25, -0.2) is 0 Å². The normalized spacial score (nSPS) is 47.4. The van der Waals surface area contributed by atoms with Crippen LogP contribution in [0.15, 0.2) is 0 Å².